The number of hydrogen-bond donors (Lipinski definition) is 0. The van der Waals surface area contributed by atoms with E-state index in [1.165, 1.54) is 12.1 Å². The monoisotopic (exact) mass is 444 g/mol. The number of nitrogens with zero attached hydrogens (tertiary/aromatic N) is 2. The summed E-state index contributed by atoms with van der Waals surface area (Å²) in [5.41, 5.74) is 3.21. The second kappa shape index (κ2) is 9.99. The first-order chi connectivity index (χ1) is 16.1. The van der Waals surface area contributed by atoms with Crippen LogP contribution in [0.4, 0.5) is 0 Å². The second-order valence-corrected chi connectivity index (χ2v) is 7.46. The van der Waals surface area contributed by atoms with E-state index in [9.17, 15) is 9.59 Å². The number of carbonyl (C=O) groups is 2. The molecule has 0 aliphatic carbocycles. The topological polar surface area (TPSA) is 77.4 Å². The van der Waals surface area contributed by atoms with Crippen molar-refractivity contribution < 1.29 is 23.8 Å². The zero-order chi connectivity index (χ0) is 23.2. The lowest BCUT2D eigenvalue weighted by Gasteiger charge is -2.22. The number of benzene rings is 3. The van der Waals surface area contributed by atoms with Crippen molar-refractivity contribution in [2.45, 2.75) is 12.5 Å². The molecule has 0 radical (unpaired) electrons. The third-order valence-electron chi connectivity index (χ3n) is 5.45. The summed E-state index contributed by atoms with van der Waals surface area (Å²) in [6.07, 6.45) is 1.31. The molecule has 33 heavy (non-hydrogen) atoms. The molecule has 0 bridgehead atoms. The molecule has 1 heterocycles. The third kappa shape index (κ3) is 4.87. The van der Waals surface area contributed by atoms with Crippen molar-refractivity contribution in [2.24, 2.45) is 5.10 Å². The molecule has 0 spiro atoms. The molecule has 3 aromatic rings. The van der Waals surface area contributed by atoms with Crippen LogP contribution in [-0.4, -0.2) is 43.7 Å². The molecule has 4 rings (SSSR count). The van der Waals surface area contributed by atoms with Crippen molar-refractivity contribution in [1.82, 2.24) is 5.01 Å². The summed E-state index contributed by atoms with van der Waals surface area (Å²) in [6.45, 7) is -0.227. The Hall–Kier alpha value is -4.13. The molecular weight excluding hydrogens is 420 g/mol. The zero-order valence-electron chi connectivity index (χ0n) is 18.4. The number of ether oxygens (including phenoxy) is 3. The average Bonchev–Trinajstić information content (AvgIpc) is 3.33. The Morgan fingerprint density at radius 3 is 2.42 bits per heavy atom. The average molecular weight is 444 g/mol. The normalized spacial score (nSPS) is 15.0. The first-order valence-electron chi connectivity index (χ1n) is 10.5. The van der Waals surface area contributed by atoms with E-state index in [2.05, 4.69) is 5.10 Å². The SMILES string of the molecule is COc1ccc(C2CC(c3ccccc3)=NN2C(=O)COc2ccc(C=O)cc2OC)cc1. The van der Waals surface area contributed by atoms with Gasteiger partial charge in [-0.15, -0.1) is 0 Å². The molecule has 1 unspecified atom stereocenters. The standard InChI is InChI=1S/C26H24N2O5/c1-31-21-11-9-20(10-12-21)23-15-22(19-6-4-3-5-7-19)27-28(23)26(30)17-33-24-13-8-18(16-29)14-25(24)32-2/h3-14,16,23H,15,17H2,1-2H3. The smallest absolute Gasteiger partial charge is 0.281 e. The fourth-order valence-electron chi connectivity index (χ4n) is 3.71. The summed E-state index contributed by atoms with van der Waals surface area (Å²) in [4.78, 5) is 24.2. The molecule has 0 saturated carbocycles. The van der Waals surface area contributed by atoms with Crippen molar-refractivity contribution in [2.75, 3.05) is 20.8 Å². The van der Waals surface area contributed by atoms with Gasteiger partial charge in [0.1, 0.15) is 12.0 Å². The van der Waals surface area contributed by atoms with E-state index >= 15 is 0 Å². The Kier molecular flexibility index (Phi) is 6.69. The zero-order valence-corrected chi connectivity index (χ0v) is 18.4. The van der Waals surface area contributed by atoms with Gasteiger partial charge in [0.25, 0.3) is 5.91 Å². The molecule has 0 N–H and O–H groups in total. The fraction of sp³-hybridized carbons (Fsp3) is 0.192. The number of methoxy groups -OCH3 is 2. The lowest BCUT2D eigenvalue weighted by atomic mass is 9.98. The van der Waals surface area contributed by atoms with E-state index in [4.69, 9.17) is 14.2 Å². The fourth-order valence-corrected chi connectivity index (χ4v) is 3.71. The van der Waals surface area contributed by atoms with Crippen LogP contribution in [0.25, 0.3) is 0 Å². The number of rotatable bonds is 8. The van der Waals surface area contributed by atoms with Crippen LogP contribution < -0.4 is 14.2 Å². The van der Waals surface area contributed by atoms with E-state index in [1.54, 1.807) is 25.3 Å². The van der Waals surface area contributed by atoms with Gasteiger partial charge in [-0.1, -0.05) is 42.5 Å². The lowest BCUT2D eigenvalue weighted by molar-refractivity contribution is -0.135. The molecule has 1 aliphatic rings. The van der Waals surface area contributed by atoms with Crippen LogP contribution >= 0.6 is 0 Å². The molecule has 168 valence electrons. The van der Waals surface area contributed by atoms with Crippen LogP contribution in [0.2, 0.25) is 0 Å². The van der Waals surface area contributed by atoms with E-state index in [-0.39, 0.29) is 18.6 Å². The molecule has 7 nitrogen and oxygen atoms in total. The van der Waals surface area contributed by atoms with E-state index < -0.39 is 0 Å². The summed E-state index contributed by atoms with van der Waals surface area (Å²) in [6, 6.07) is 21.9. The van der Waals surface area contributed by atoms with Crippen molar-refractivity contribution >= 4 is 17.9 Å². The van der Waals surface area contributed by atoms with Crippen LogP contribution in [0, 0.1) is 0 Å². The molecule has 3 aromatic carbocycles. The highest BCUT2D eigenvalue weighted by Gasteiger charge is 2.33. The molecule has 0 saturated heterocycles. The maximum absolute atomic E-state index is 13.2. The van der Waals surface area contributed by atoms with E-state index in [1.807, 2.05) is 54.6 Å². The number of hydrazone groups is 1. The Balaban J connectivity index is 1.57. The van der Waals surface area contributed by atoms with Crippen LogP contribution in [0.3, 0.4) is 0 Å². The van der Waals surface area contributed by atoms with E-state index in [0.29, 0.717) is 23.5 Å². The summed E-state index contributed by atoms with van der Waals surface area (Å²) < 4.78 is 16.3. The van der Waals surface area contributed by atoms with Crippen LogP contribution in [0.15, 0.2) is 77.9 Å². The predicted molar refractivity (Wildman–Crippen MR) is 124 cm³/mol. The number of carbonyl (C=O) groups excluding carboxylic acids is 2. The van der Waals surface area contributed by atoms with Gasteiger partial charge in [0, 0.05) is 12.0 Å². The highest BCUT2D eigenvalue weighted by atomic mass is 16.5. The van der Waals surface area contributed by atoms with Crippen LogP contribution in [0.5, 0.6) is 17.2 Å². The van der Waals surface area contributed by atoms with Crippen molar-refractivity contribution in [3.05, 3.63) is 89.5 Å². The highest BCUT2D eigenvalue weighted by molar-refractivity contribution is 6.03. The van der Waals surface area contributed by atoms with Crippen molar-refractivity contribution in [1.29, 1.82) is 0 Å². The minimum atomic E-state index is -0.289. The molecule has 1 atom stereocenters. The molecule has 0 fully saturated rings. The summed E-state index contributed by atoms with van der Waals surface area (Å²) >= 11 is 0. The Labute approximate surface area is 192 Å². The Morgan fingerprint density at radius 2 is 1.76 bits per heavy atom. The molecule has 7 heteroatoms. The molecule has 0 aromatic heterocycles. The van der Waals surface area contributed by atoms with Crippen molar-refractivity contribution in [3.8, 4) is 17.2 Å². The summed E-state index contributed by atoms with van der Waals surface area (Å²) in [7, 11) is 3.10. The van der Waals surface area contributed by atoms with Gasteiger partial charge in [0.15, 0.2) is 18.1 Å². The first-order valence-corrected chi connectivity index (χ1v) is 10.5. The number of aldehydes is 1. The molecular formula is C26H24N2O5. The lowest BCUT2D eigenvalue weighted by Crippen LogP contribution is -2.31. The third-order valence-corrected chi connectivity index (χ3v) is 5.45. The van der Waals surface area contributed by atoms with Gasteiger partial charge in [-0.2, -0.15) is 5.10 Å². The maximum atomic E-state index is 13.2. The molecule has 1 aliphatic heterocycles. The Bertz CT molecular complexity index is 1160. The van der Waals surface area contributed by atoms with E-state index in [0.717, 1.165) is 28.9 Å². The van der Waals surface area contributed by atoms with Gasteiger partial charge in [-0.3, -0.25) is 9.59 Å². The van der Waals surface area contributed by atoms with Gasteiger partial charge in [0.05, 0.1) is 26.0 Å². The van der Waals surface area contributed by atoms with Gasteiger partial charge in [0.2, 0.25) is 0 Å². The summed E-state index contributed by atoms with van der Waals surface area (Å²) in [5, 5.41) is 6.14. The van der Waals surface area contributed by atoms with Crippen LogP contribution in [0.1, 0.15) is 33.9 Å². The quantitative estimate of drug-likeness (QED) is 0.485. The maximum Gasteiger partial charge on any atom is 0.281 e. The largest absolute Gasteiger partial charge is 0.497 e. The highest BCUT2D eigenvalue weighted by Crippen LogP contribution is 2.34. The van der Waals surface area contributed by atoms with Crippen molar-refractivity contribution in [3.63, 3.8) is 0 Å². The minimum absolute atomic E-state index is 0.227. The minimum Gasteiger partial charge on any atom is -0.497 e. The van der Waals surface area contributed by atoms with Gasteiger partial charge in [-0.05, 0) is 41.5 Å². The van der Waals surface area contributed by atoms with Crippen LogP contribution in [-0.2, 0) is 4.79 Å². The Morgan fingerprint density at radius 1 is 1.00 bits per heavy atom. The predicted octanol–water partition coefficient (Wildman–Crippen LogP) is 4.27. The number of hydrogen-bond acceptors (Lipinski definition) is 6. The second-order valence-electron chi connectivity index (χ2n) is 7.46. The molecule has 1 amide bonds. The van der Waals surface area contributed by atoms with Gasteiger partial charge < -0.3 is 14.2 Å². The number of amides is 1. The van der Waals surface area contributed by atoms with Gasteiger partial charge in [-0.25, -0.2) is 5.01 Å². The summed E-state index contributed by atoms with van der Waals surface area (Å²) in [5.74, 6) is 1.22. The van der Waals surface area contributed by atoms with Gasteiger partial charge >= 0.3 is 0 Å². The first kappa shape index (κ1) is 22.1.